The summed E-state index contributed by atoms with van der Waals surface area (Å²) >= 11 is 12.3. The van der Waals surface area contributed by atoms with Crippen molar-refractivity contribution in [2.45, 2.75) is 19.0 Å². The molecule has 1 aromatic carbocycles. The molecular formula is C24H27Cl2N7O4. The van der Waals surface area contributed by atoms with E-state index in [0.717, 1.165) is 5.56 Å². The molecule has 1 fully saturated rings. The van der Waals surface area contributed by atoms with Crippen LogP contribution in [0.1, 0.15) is 12.0 Å². The number of nitrogens with zero attached hydrogens (tertiary/aromatic N) is 6. The molecule has 0 saturated carbocycles. The topological polar surface area (TPSA) is 115 Å². The molecule has 13 heteroatoms. The van der Waals surface area contributed by atoms with E-state index in [2.05, 4.69) is 20.3 Å². The molecule has 2 amide bonds. The van der Waals surface area contributed by atoms with E-state index < -0.39 is 6.09 Å². The molecule has 1 aliphatic heterocycles. The summed E-state index contributed by atoms with van der Waals surface area (Å²) in [6.07, 6.45) is 4.57. The number of carbonyl (C=O) groups excluding carboxylic acids is 2. The quantitative estimate of drug-likeness (QED) is 0.321. The third-order valence-corrected chi connectivity index (χ3v) is 6.22. The summed E-state index contributed by atoms with van der Waals surface area (Å²) in [5.74, 6) is 0.730. The van der Waals surface area contributed by atoms with Crippen LogP contribution in [0.5, 0.6) is 0 Å². The minimum absolute atomic E-state index is 0.122. The number of rotatable bonds is 9. The van der Waals surface area contributed by atoms with Gasteiger partial charge in [0, 0.05) is 63.2 Å². The Kier molecular flexibility index (Phi) is 9.15. The van der Waals surface area contributed by atoms with Crippen LogP contribution in [0.3, 0.4) is 0 Å². The van der Waals surface area contributed by atoms with E-state index in [1.54, 1.807) is 46.4 Å². The number of anilines is 1. The average molecular weight is 548 g/mol. The van der Waals surface area contributed by atoms with Gasteiger partial charge in [-0.25, -0.2) is 14.8 Å². The molecule has 1 atom stereocenters. The second-order valence-corrected chi connectivity index (χ2v) is 9.15. The van der Waals surface area contributed by atoms with Gasteiger partial charge in [-0.3, -0.25) is 9.36 Å². The van der Waals surface area contributed by atoms with Gasteiger partial charge in [0.15, 0.2) is 0 Å². The minimum Gasteiger partial charge on any atom is -0.447 e. The molecule has 2 aromatic heterocycles. The van der Waals surface area contributed by atoms with E-state index >= 15 is 0 Å². The fraction of sp³-hybridized carbons (Fsp3) is 0.375. The summed E-state index contributed by atoms with van der Waals surface area (Å²) in [5, 5.41) is 3.82. The van der Waals surface area contributed by atoms with E-state index in [1.807, 2.05) is 17.0 Å². The van der Waals surface area contributed by atoms with Crippen molar-refractivity contribution in [3.63, 3.8) is 0 Å². The van der Waals surface area contributed by atoms with Crippen LogP contribution in [0, 0.1) is 0 Å². The molecule has 1 aliphatic rings. The van der Waals surface area contributed by atoms with Gasteiger partial charge in [0.2, 0.25) is 11.9 Å². The minimum atomic E-state index is -0.455. The molecule has 1 saturated heterocycles. The number of hydrogen-bond acceptors (Lipinski definition) is 8. The number of nitrogens with one attached hydrogen (secondary N) is 1. The van der Waals surface area contributed by atoms with Gasteiger partial charge in [0.25, 0.3) is 0 Å². The lowest BCUT2D eigenvalue weighted by Crippen LogP contribution is -2.56. The Morgan fingerprint density at radius 2 is 1.95 bits per heavy atom. The normalized spacial score (nSPS) is 15.5. The van der Waals surface area contributed by atoms with Crippen molar-refractivity contribution in [2.75, 3.05) is 44.9 Å². The van der Waals surface area contributed by atoms with Crippen LogP contribution in [0.25, 0.3) is 5.95 Å². The molecule has 3 heterocycles. The lowest BCUT2D eigenvalue weighted by atomic mass is 10.1. The van der Waals surface area contributed by atoms with E-state index in [0.29, 0.717) is 43.0 Å². The summed E-state index contributed by atoms with van der Waals surface area (Å²) in [7, 11) is 1.54. The third-order valence-electron chi connectivity index (χ3n) is 5.78. The Bertz CT molecular complexity index is 1190. The van der Waals surface area contributed by atoms with E-state index in [4.69, 9.17) is 32.7 Å². The summed E-state index contributed by atoms with van der Waals surface area (Å²) < 4.78 is 11.9. The molecule has 196 valence electrons. The fourth-order valence-electron chi connectivity index (χ4n) is 3.92. The smallest absolute Gasteiger partial charge is 0.409 e. The summed E-state index contributed by atoms with van der Waals surface area (Å²) in [6.45, 7) is 1.88. The molecule has 0 spiro atoms. The van der Waals surface area contributed by atoms with Crippen LogP contribution in [0.15, 0.2) is 49.1 Å². The number of amides is 2. The zero-order valence-electron chi connectivity index (χ0n) is 20.2. The van der Waals surface area contributed by atoms with Crippen LogP contribution in [0.2, 0.25) is 10.2 Å². The second-order valence-electron chi connectivity index (χ2n) is 8.33. The lowest BCUT2D eigenvalue weighted by Gasteiger charge is -2.41. The van der Waals surface area contributed by atoms with Crippen LogP contribution in [-0.4, -0.2) is 82.4 Å². The van der Waals surface area contributed by atoms with Crippen molar-refractivity contribution in [2.24, 2.45) is 0 Å². The Hall–Kier alpha value is -3.41. The standard InChI is InChI=1S/C24H27Cl2N7O4/c1-36-10-11-37-24(35)31-8-9-33(21-13-20(26)29-23(30-21)32-7-6-27-16-32)19(15-31)12-22(34)28-14-17-2-4-18(25)5-3-17/h2-7,13,16,19H,8-12,14-15H2,1H3,(H,28,34). The Morgan fingerprint density at radius 3 is 2.68 bits per heavy atom. The van der Waals surface area contributed by atoms with Crippen molar-refractivity contribution in [1.82, 2.24) is 29.7 Å². The number of benzene rings is 1. The molecule has 0 radical (unpaired) electrons. The maximum Gasteiger partial charge on any atom is 0.409 e. The van der Waals surface area contributed by atoms with Gasteiger partial charge in [-0.05, 0) is 17.7 Å². The van der Waals surface area contributed by atoms with Crippen molar-refractivity contribution in [3.05, 3.63) is 64.8 Å². The lowest BCUT2D eigenvalue weighted by molar-refractivity contribution is -0.121. The Labute approximate surface area is 224 Å². The molecule has 11 nitrogen and oxygen atoms in total. The van der Waals surface area contributed by atoms with Crippen molar-refractivity contribution >= 4 is 41.0 Å². The summed E-state index contributed by atoms with van der Waals surface area (Å²) in [4.78, 5) is 42.1. The number of methoxy groups -OCH3 is 1. The van der Waals surface area contributed by atoms with Crippen LogP contribution < -0.4 is 10.2 Å². The molecule has 0 aliphatic carbocycles. The summed E-state index contributed by atoms with van der Waals surface area (Å²) in [6, 6.07) is 8.52. The maximum absolute atomic E-state index is 13.0. The van der Waals surface area contributed by atoms with Crippen LogP contribution in [-0.2, 0) is 20.8 Å². The van der Waals surface area contributed by atoms with E-state index in [9.17, 15) is 9.59 Å². The van der Waals surface area contributed by atoms with Gasteiger partial charge in [-0.2, -0.15) is 4.98 Å². The maximum atomic E-state index is 13.0. The highest BCUT2D eigenvalue weighted by molar-refractivity contribution is 6.30. The van der Waals surface area contributed by atoms with E-state index in [-0.39, 0.29) is 36.7 Å². The Balaban J connectivity index is 1.50. The molecule has 0 bridgehead atoms. The largest absolute Gasteiger partial charge is 0.447 e. The van der Waals surface area contributed by atoms with Crippen molar-refractivity contribution < 1.29 is 19.1 Å². The third kappa shape index (κ3) is 7.31. The van der Waals surface area contributed by atoms with Gasteiger partial charge in [-0.1, -0.05) is 35.3 Å². The van der Waals surface area contributed by atoms with Crippen LogP contribution in [0.4, 0.5) is 10.6 Å². The molecule has 1 N–H and O–H groups in total. The van der Waals surface area contributed by atoms with Gasteiger partial charge < -0.3 is 24.6 Å². The zero-order chi connectivity index (χ0) is 26.2. The molecule has 3 aromatic rings. The first-order valence-corrected chi connectivity index (χ1v) is 12.4. The van der Waals surface area contributed by atoms with Gasteiger partial charge in [0.1, 0.15) is 23.9 Å². The zero-order valence-corrected chi connectivity index (χ0v) is 21.7. The first-order chi connectivity index (χ1) is 17.9. The van der Waals surface area contributed by atoms with Crippen molar-refractivity contribution in [3.8, 4) is 5.95 Å². The number of carbonyl (C=O) groups is 2. The number of hydrogen-bond donors (Lipinski definition) is 1. The molecule has 4 rings (SSSR count). The number of halogens is 2. The fourth-order valence-corrected chi connectivity index (χ4v) is 4.22. The SMILES string of the molecule is COCCOC(=O)N1CCN(c2cc(Cl)nc(-n3ccnc3)n2)C(CC(=O)NCc2ccc(Cl)cc2)C1. The van der Waals surface area contributed by atoms with Gasteiger partial charge >= 0.3 is 6.09 Å². The predicted molar refractivity (Wildman–Crippen MR) is 138 cm³/mol. The monoisotopic (exact) mass is 547 g/mol. The highest BCUT2D eigenvalue weighted by Crippen LogP contribution is 2.24. The number of ether oxygens (including phenoxy) is 2. The molecule has 37 heavy (non-hydrogen) atoms. The number of imidazole rings is 1. The van der Waals surface area contributed by atoms with Gasteiger partial charge in [0.05, 0.1) is 12.6 Å². The summed E-state index contributed by atoms with van der Waals surface area (Å²) in [5.41, 5.74) is 0.925. The Morgan fingerprint density at radius 1 is 1.14 bits per heavy atom. The van der Waals surface area contributed by atoms with Crippen molar-refractivity contribution in [1.29, 1.82) is 0 Å². The first kappa shape index (κ1) is 26.6. The van der Waals surface area contributed by atoms with E-state index in [1.165, 1.54) is 7.11 Å². The molecular weight excluding hydrogens is 521 g/mol. The second kappa shape index (κ2) is 12.7. The number of piperazine rings is 1. The molecule has 1 unspecified atom stereocenters. The van der Waals surface area contributed by atoms with Crippen LogP contribution >= 0.6 is 23.2 Å². The van der Waals surface area contributed by atoms with Gasteiger partial charge in [-0.15, -0.1) is 0 Å². The highest BCUT2D eigenvalue weighted by Gasteiger charge is 2.33. The average Bonchev–Trinajstić information content (AvgIpc) is 3.43. The number of aromatic nitrogens is 4. The highest BCUT2D eigenvalue weighted by atomic mass is 35.5. The predicted octanol–water partition coefficient (Wildman–Crippen LogP) is 2.95. The first-order valence-electron chi connectivity index (χ1n) is 11.6.